The van der Waals surface area contributed by atoms with Crippen molar-refractivity contribution in [2.45, 2.75) is 6.18 Å². The Morgan fingerprint density at radius 2 is 1.73 bits per heavy atom. The van der Waals surface area contributed by atoms with Crippen LogP contribution < -0.4 is 0 Å². The molecule has 0 unspecified atom stereocenters. The second kappa shape index (κ2) is 6.00. The summed E-state index contributed by atoms with van der Waals surface area (Å²) in [5, 5.41) is 9.84. The van der Waals surface area contributed by atoms with Crippen molar-refractivity contribution in [3.8, 4) is 16.9 Å². The quantitative estimate of drug-likeness (QED) is 0.779. The molecule has 0 heterocycles. The lowest BCUT2D eigenvalue weighted by Crippen LogP contribution is -2.14. The molecule has 116 valence electrons. The first-order valence-corrected chi connectivity index (χ1v) is 6.82. The number of phenols is 1. The molecule has 0 aliphatic rings. The summed E-state index contributed by atoms with van der Waals surface area (Å²) in [4.78, 5) is 11.5. The number of carbonyl (C=O) groups excluding carboxylic acids is 1. The fourth-order valence-corrected chi connectivity index (χ4v) is 2.24. The fraction of sp³-hybridized carbons (Fsp3) is 0.133. The predicted octanol–water partition coefficient (Wildman–Crippen LogP) is 4.63. The van der Waals surface area contributed by atoms with Gasteiger partial charge in [-0.15, -0.1) is 0 Å². The van der Waals surface area contributed by atoms with Crippen LogP contribution in [0.4, 0.5) is 13.2 Å². The highest BCUT2D eigenvalue weighted by atomic mass is 79.9. The van der Waals surface area contributed by atoms with Gasteiger partial charge in [-0.2, -0.15) is 13.2 Å². The van der Waals surface area contributed by atoms with E-state index in [9.17, 15) is 23.1 Å². The number of alkyl halides is 3. The van der Waals surface area contributed by atoms with Gasteiger partial charge in [-0.25, -0.2) is 4.79 Å². The van der Waals surface area contributed by atoms with Gasteiger partial charge in [0.25, 0.3) is 0 Å². The van der Waals surface area contributed by atoms with E-state index in [1.54, 1.807) is 24.3 Å². The number of benzene rings is 2. The van der Waals surface area contributed by atoms with E-state index in [4.69, 9.17) is 0 Å². The van der Waals surface area contributed by atoms with E-state index in [1.165, 1.54) is 0 Å². The Labute approximate surface area is 132 Å². The number of esters is 1. The van der Waals surface area contributed by atoms with Crippen molar-refractivity contribution in [1.29, 1.82) is 0 Å². The van der Waals surface area contributed by atoms with Crippen LogP contribution in [0.25, 0.3) is 11.1 Å². The van der Waals surface area contributed by atoms with E-state index < -0.39 is 29.0 Å². The van der Waals surface area contributed by atoms with Crippen LogP contribution in [0, 0.1) is 0 Å². The molecule has 0 bridgehead atoms. The fourth-order valence-electron chi connectivity index (χ4n) is 1.98. The molecule has 0 spiro atoms. The van der Waals surface area contributed by atoms with E-state index >= 15 is 0 Å². The minimum Gasteiger partial charge on any atom is -0.507 e. The first kappa shape index (κ1) is 16.4. The van der Waals surface area contributed by atoms with Gasteiger partial charge in [0.05, 0.1) is 12.7 Å². The van der Waals surface area contributed by atoms with Crippen molar-refractivity contribution in [1.82, 2.24) is 0 Å². The van der Waals surface area contributed by atoms with Crippen molar-refractivity contribution < 1.29 is 27.8 Å². The van der Waals surface area contributed by atoms with Gasteiger partial charge in [-0.05, 0) is 35.4 Å². The molecule has 2 aromatic rings. The van der Waals surface area contributed by atoms with Crippen LogP contribution in [0.5, 0.6) is 5.75 Å². The molecule has 0 aliphatic heterocycles. The lowest BCUT2D eigenvalue weighted by molar-refractivity contribution is -0.138. The molecule has 7 heteroatoms. The largest absolute Gasteiger partial charge is 0.507 e. The minimum absolute atomic E-state index is 0.143. The number of ether oxygens (including phenoxy) is 1. The topological polar surface area (TPSA) is 46.5 Å². The summed E-state index contributed by atoms with van der Waals surface area (Å²) in [6.07, 6.45) is -4.80. The minimum atomic E-state index is -4.80. The Morgan fingerprint density at radius 3 is 2.23 bits per heavy atom. The normalized spacial score (nSPS) is 11.3. The van der Waals surface area contributed by atoms with Gasteiger partial charge in [-0.3, -0.25) is 0 Å². The SMILES string of the molecule is COC(=O)c1c(O)cc(-c2ccc(Br)cc2)cc1C(F)(F)F. The average Bonchev–Trinajstić information content (AvgIpc) is 2.45. The molecule has 0 aliphatic carbocycles. The Bertz CT molecular complexity index is 709. The maximum absolute atomic E-state index is 13.2. The summed E-state index contributed by atoms with van der Waals surface area (Å²) < 4.78 is 44.6. The molecule has 0 saturated carbocycles. The van der Waals surface area contributed by atoms with Crippen molar-refractivity contribution in [3.05, 3.63) is 52.0 Å². The van der Waals surface area contributed by atoms with E-state index in [1.807, 2.05) is 0 Å². The summed E-state index contributed by atoms with van der Waals surface area (Å²) in [7, 11) is 0.949. The van der Waals surface area contributed by atoms with Crippen LogP contribution in [-0.4, -0.2) is 18.2 Å². The smallest absolute Gasteiger partial charge is 0.417 e. The number of aromatic hydroxyl groups is 1. The molecule has 0 radical (unpaired) electrons. The number of halogens is 4. The first-order valence-electron chi connectivity index (χ1n) is 6.02. The number of methoxy groups -OCH3 is 1. The number of hydrogen-bond donors (Lipinski definition) is 1. The molecule has 1 N–H and O–H groups in total. The van der Waals surface area contributed by atoms with E-state index in [0.717, 1.165) is 23.7 Å². The number of phenolic OH excluding ortho intramolecular Hbond substituents is 1. The van der Waals surface area contributed by atoms with Gasteiger partial charge in [-0.1, -0.05) is 28.1 Å². The molecule has 2 aromatic carbocycles. The van der Waals surface area contributed by atoms with E-state index in [0.29, 0.717) is 5.56 Å². The third-order valence-corrected chi connectivity index (χ3v) is 3.52. The van der Waals surface area contributed by atoms with Gasteiger partial charge in [0.2, 0.25) is 0 Å². The summed E-state index contributed by atoms with van der Waals surface area (Å²) >= 11 is 3.23. The van der Waals surface area contributed by atoms with Crippen LogP contribution in [-0.2, 0) is 10.9 Å². The van der Waals surface area contributed by atoms with Gasteiger partial charge >= 0.3 is 12.1 Å². The third kappa shape index (κ3) is 3.24. The number of hydrogen-bond acceptors (Lipinski definition) is 3. The van der Waals surface area contributed by atoms with Gasteiger partial charge in [0.1, 0.15) is 11.3 Å². The summed E-state index contributed by atoms with van der Waals surface area (Å²) in [6.45, 7) is 0. The highest BCUT2D eigenvalue weighted by Gasteiger charge is 2.38. The van der Waals surface area contributed by atoms with Crippen molar-refractivity contribution in [2.24, 2.45) is 0 Å². The Balaban J connectivity index is 2.68. The predicted molar refractivity (Wildman–Crippen MR) is 77.6 cm³/mol. The zero-order chi connectivity index (χ0) is 16.5. The second-order valence-corrected chi connectivity index (χ2v) is 5.33. The molecule has 0 fully saturated rings. The summed E-state index contributed by atoms with van der Waals surface area (Å²) in [5.74, 6) is -2.02. The van der Waals surface area contributed by atoms with Crippen molar-refractivity contribution in [3.63, 3.8) is 0 Å². The van der Waals surface area contributed by atoms with Crippen LogP contribution in [0.1, 0.15) is 15.9 Å². The van der Waals surface area contributed by atoms with Gasteiger partial charge < -0.3 is 9.84 Å². The van der Waals surface area contributed by atoms with Crippen molar-refractivity contribution >= 4 is 21.9 Å². The maximum atomic E-state index is 13.2. The van der Waals surface area contributed by atoms with E-state index in [2.05, 4.69) is 20.7 Å². The maximum Gasteiger partial charge on any atom is 0.417 e. The standard InChI is InChI=1S/C15H10BrF3O3/c1-22-14(21)13-11(15(17,18)19)6-9(7-12(13)20)8-2-4-10(16)5-3-8/h2-7,20H,1H3. The Morgan fingerprint density at radius 1 is 1.14 bits per heavy atom. The molecular weight excluding hydrogens is 365 g/mol. The number of carbonyl (C=O) groups is 1. The third-order valence-electron chi connectivity index (χ3n) is 2.99. The van der Waals surface area contributed by atoms with Crippen molar-refractivity contribution in [2.75, 3.05) is 7.11 Å². The summed E-state index contributed by atoms with van der Waals surface area (Å²) in [6, 6.07) is 8.43. The Hall–Kier alpha value is -2.02. The summed E-state index contributed by atoms with van der Waals surface area (Å²) in [5.41, 5.74) is -1.52. The lowest BCUT2D eigenvalue weighted by atomic mass is 9.97. The zero-order valence-corrected chi connectivity index (χ0v) is 12.8. The lowest BCUT2D eigenvalue weighted by Gasteiger charge is -2.15. The van der Waals surface area contributed by atoms with E-state index in [-0.39, 0.29) is 5.56 Å². The zero-order valence-electron chi connectivity index (χ0n) is 11.2. The van der Waals surface area contributed by atoms with Crippen LogP contribution >= 0.6 is 15.9 Å². The molecule has 22 heavy (non-hydrogen) atoms. The van der Waals surface area contributed by atoms with Crippen LogP contribution in [0.2, 0.25) is 0 Å². The van der Waals surface area contributed by atoms with Gasteiger partial charge in [0.15, 0.2) is 0 Å². The number of rotatable bonds is 2. The van der Waals surface area contributed by atoms with Crippen LogP contribution in [0.3, 0.4) is 0 Å². The molecule has 0 aromatic heterocycles. The molecule has 0 amide bonds. The highest BCUT2D eigenvalue weighted by Crippen LogP contribution is 2.39. The molecule has 0 atom stereocenters. The molecule has 2 rings (SSSR count). The average molecular weight is 375 g/mol. The highest BCUT2D eigenvalue weighted by molar-refractivity contribution is 9.10. The molecule has 3 nitrogen and oxygen atoms in total. The first-order chi connectivity index (χ1) is 10.2. The van der Waals surface area contributed by atoms with Gasteiger partial charge in [0, 0.05) is 4.47 Å². The molecule has 0 saturated heterocycles. The Kier molecular flexibility index (Phi) is 4.46. The molecular formula is C15H10BrF3O3. The van der Waals surface area contributed by atoms with Crippen LogP contribution in [0.15, 0.2) is 40.9 Å². The second-order valence-electron chi connectivity index (χ2n) is 4.41. The monoisotopic (exact) mass is 374 g/mol.